The third kappa shape index (κ3) is 8.68. The van der Waals surface area contributed by atoms with Gasteiger partial charge in [0, 0.05) is 10.7 Å². The highest BCUT2D eigenvalue weighted by Crippen LogP contribution is 2.38. The third-order valence-electron chi connectivity index (χ3n) is 3.50. The van der Waals surface area contributed by atoms with E-state index in [0.29, 0.717) is 13.2 Å². The predicted molar refractivity (Wildman–Crippen MR) is 155 cm³/mol. The van der Waals surface area contributed by atoms with Crippen molar-refractivity contribution in [3.05, 3.63) is 42.2 Å². The molecule has 0 bridgehead atoms. The summed E-state index contributed by atoms with van der Waals surface area (Å²) in [7, 11) is 0. The Hall–Kier alpha value is 1.48. The van der Waals surface area contributed by atoms with Crippen molar-refractivity contribution >= 4 is 139 Å². The molecule has 2 unspecified atom stereocenters. The molecule has 0 aromatic heterocycles. The molecule has 4 nitrogen and oxygen atoms in total. The fourth-order valence-electron chi connectivity index (χ4n) is 2.12. The van der Waals surface area contributed by atoms with Crippen LogP contribution < -0.4 is 20.3 Å². The molecule has 12 heteroatoms. The van der Waals surface area contributed by atoms with Gasteiger partial charge < -0.3 is 20.3 Å². The Morgan fingerprint density at radius 2 is 0.933 bits per heavy atom. The van der Waals surface area contributed by atoms with E-state index in [2.05, 4.69) is 138 Å². The van der Waals surface area contributed by atoms with E-state index in [4.69, 9.17) is 9.47 Å². The minimum absolute atomic E-state index is 0.236. The Kier molecular flexibility index (Phi) is 12.9. The second-order valence-electron chi connectivity index (χ2n) is 5.91. The highest BCUT2D eigenvalue weighted by atomic mass is 79.9. The minimum atomic E-state index is 0.236. The standard InChI is InChI=1S/C18H16Br8N2O2/c19-5-9(21)7-29-17-13(23)1-11(2-14(17)24)27-28-12-3-15(25)18(16(26)4-12)30-8-10(22)6-20/h1-4,9-10,27-28H,5-8H2. The molecule has 0 radical (unpaired) electrons. The van der Waals surface area contributed by atoms with Gasteiger partial charge in [-0.2, -0.15) is 0 Å². The van der Waals surface area contributed by atoms with Crippen LogP contribution in [0.4, 0.5) is 11.4 Å². The Morgan fingerprint density at radius 1 is 0.633 bits per heavy atom. The molecule has 0 heterocycles. The highest BCUT2D eigenvalue weighted by molar-refractivity contribution is 9.12. The number of hydrogen-bond donors (Lipinski definition) is 2. The zero-order valence-corrected chi connectivity index (χ0v) is 27.8. The molecule has 0 spiro atoms. The normalized spacial score (nSPS) is 12.9. The molecule has 0 aliphatic carbocycles. The lowest BCUT2D eigenvalue weighted by Crippen LogP contribution is -2.14. The number of alkyl halides is 4. The van der Waals surface area contributed by atoms with E-state index in [1.807, 2.05) is 24.3 Å². The molecule has 0 saturated heterocycles. The summed E-state index contributed by atoms with van der Waals surface area (Å²) in [6.45, 7) is 1.10. The van der Waals surface area contributed by atoms with Gasteiger partial charge in [0.1, 0.15) is 24.7 Å². The van der Waals surface area contributed by atoms with Gasteiger partial charge in [0.2, 0.25) is 0 Å². The summed E-state index contributed by atoms with van der Waals surface area (Å²) in [6.07, 6.45) is 0. The van der Waals surface area contributed by atoms with E-state index in [-0.39, 0.29) is 9.65 Å². The van der Waals surface area contributed by atoms with Gasteiger partial charge in [0.05, 0.1) is 38.9 Å². The third-order valence-corrected chi connectivity index (χ3v) is 10.3. The SMILES string of the molecule is BrCC(Br)COc1c(Br)cc(NNc2cc(Br)c(OCC(Br)CBr)c(Br)c2)cc1Br. The number of halogens is 8. The fourth-order valence-corrected chi connectivity index (χ4v) is 5.59. The van der Waals surface area contributed by atoms with Crippen molar-refractivity contribution in [2.24, 2.45) is 0 Å². The molecule has 0 fully saturated rings. The van der Waals surface area contributed by atoms with E-state index >= 15 is 0 Å². The van der Waals surface area contributed by atoms with Crippen molar-refractivity contribution in [1.29, 1.82) is 0 Å². The van der Waals surface area contributed by atoms with Crippen molar-refractivity contribution in [3.8, 4) is 11.5 Å². The Balaban J connectivity index is 2.04. The van der Waals surface area contributed by atoms with Crippen LogP contribution in [-0.2, 0) is 0 Å². The van der Waals surface area contributed by atoms with Crippen LogP contribution in [0.25, 0.3) is 0 Å². The first-order valence-electron chi connectivity index (χ1n) is 8.40. The summed E-state index contributed by atoms with van der Waals surface area (Å²) >= 11 is 28.2. The molecule has 0 aliphatic heterocycles. The Labute approximate surface area is 243 Å². The summed E-state index contributed by atoms with van der Waals surface area (Å²) in [5.74, 6) is 1.51. The van der Waals surface area contributed by atoms with Crippen molar-refractivity contribution in [3.63, 3.8) is 0 Å². The molecule has 166 valence electrons. The molecule has 2 aromatic carbocycles. The first kappa shape index (κ1) is 27.7. The topological polar surface area (TPSA) is 42.5 Å². The van der Waals surface area contributed by atoms with Gasteiger partial charge in [-0.1, -0.05) is 63.7 Å². The van der Waals surface area contributed by atoms with Crippen LogP contribution in [0.3, 0.4) is 0 Å². The van der Waals surface area contributed by atoms with Gasteiger partial charge in [-0.05, 0) is 88.0 Å². The summed E-state index contributed by atoms with van der Waals surface area (Å²) in [5, 5.41) is 1.63. The maximum atomic E-state index is 5.88. The zero-order valence-electron chi connectivity index (χ0n) is 15.1. The lowest BCUT2D eigenvalue weighted by atomic mass is 10.3. The molecule has 2 aromatic rings. The summed E-state index contributed by atoms with van der Waals surface area (Å²) < 4.78 is 15.1. The molecule has 0 aliphatic rings. The number of hydrogen-bond acceptors (Lipinski definition) is 4. The number of anilines is 2. The highest BCUT2D eigenvalue weighted by Gasteiger charge is 2.13. The van der Waals surface area contributed by atoms with Crippen molar-refractivity contribution in [2.45, 2.75) is 9.65 Å². The molecule has 2 atom stereocenters. The largest absolute Gasteiger partial charge is 0.490 e. The van der Waals surface area contributed by atoms with Gasteiger partial charge in [0.25, 0.3) is 0 Å². The smallest absolute Gasteiger partial charge is 0.147 e. The summed E-state index contributed by atoms with van der Waals surface area (Å²) in [4.78, 5) is 0.471. The van der Waals surface area contributed by atoms with Gasteiger partial charge in [-0.25, -0.2) is 0 Å². The molecule has 2 N–H and O–H groups in total. The quantitative estimate of drug-likeness (QED) is 0.174. The van der Waals surface area contributed by atoms with Crippen molar-refractivity contribution < 1.29 is 9.47 Å². The number of rotatable bonds is 11. The van der Waals surface area contributed by atoms with Crippen LogP contribution in [0.2, 0.25) is 0 Å². The molecular weight excluding hydrogens is 915 g/mol. The van der Waals surface area contributed by atoms with E-state index in [1.54, 1.807) is 0 Å². The lowest BCUT2D eigenvalue weighted by molar-refractivity contribution is 0.321. The Bertz CT molecular complexity index is 739. The van der Waals surface area contributed by atoms with Crippen LogP contribution in [0.15, 0.2) is 42.2 Å². The second-order valence-corrected chi connectivity index (χ2v) is 13.2. The molecule has 0 saturated carbocycles. The number of ether oxygens (including phenoxy) is 2. The monoisotopic (exact) mass is 923 g/mol. The van der Waals surface area contributed by atoms with Crippen LogP contribution in [-0.4, -0.2) is 33.5 Å². The molecular formula is C18H16Br8N2O2. The van der Waals surface area contributed by atoms with E-state index in [1.165, 1.54) is 0 Å². The molecule has 2 rings (SSSR count). The van der Waals surface area contributed by atoms with E-state index in [9.17, 15) is 0 Å². The lowest BCUT2D eigenvalue weighted by Gasteiger charge is -2.17. The average molecular weight is 932 g/mol. The van der Waals surface area contributed by atoms with Crippen LogP contribution in [0.5, 0.6) is 11.5 Å². The van der Waals surface area contributed by atoms with Gasteiger partial charge in [0.15, 0.2) is 0 Å². The van der Waals surface area contributed by atoms with Crippen molar-refractivity contribution in [1.82, 2.24) is 0 Å². The van der Waals surface area contributed by atoms with Gasteiger partial charge in [-0.3, -0.25) is 0 Å². The molecule has 0 amide bonds. The minimum Gasteiger partial charge on any atom is -0.490 e. The van der Waals surface area contributed by atoms with Crippen molar-refractivity contribution in [2.75, 3.05) is 34.7 Å². The van der Waals surface area contributed by atoms with Gasteiger partial charge >= 0.3 is 0 Å². The van der Waals surface area contributed by atoms with Crippen LogP contribution >= 0.6 is 127 Å². The first-order valence-corrected chi connectivity index (χ1v) is 15.7. The Morgan fingerprint density at radius 3 is 1.20 bits per heavy atom. The maximum Gasteiger partial charge on any atom is 0.147 e. The maximum absolute atomic E-state index is 5.88. The summed E-state index contributed by atoms with van der Waals surface area (Å²) in [6, 6.07) is 7.79. The first-order chi connectivity index (χ1) is 14.2. The van der Waals surface area contributed by atoms with Gasteiger partial charge in [-0.15, -0.1) is 0 Å². The van der Waals surface area contributed by atoms with E-state index < -0.39 is 0 Å². The molecule has 30 heavy (non-hydrogen) atoms. The van der Waals surface area contributed by atoms with Crippen LogP contribution in [0, 0.1) is 0 Å². The summed E-state index contributed by atoms with van der Waals surface area (Å²) in [5.41, 5.74) is 8.13. The fraction of sp³-hybridized carbons (Fsp3) is 0.333. The number of benzene rings is 2. The average Bonchev–Trinajstić information content (AvgIpc) is 2.70. The number of nitrogens with one attached hydrogen (secondary N) is 2. The predicted octanol–water partition coefficient (Wildman–Crippen LogP) is 9.25. The van der Waals surface area contributed by atoms with Crippen LogP contribution in [0.1, 0.15) is 0 Å². The zero-order chi connectivity index (χ0) is 22.3. The second kappa shape index (κ2) is 14.0. The van der Waals surface area contributed by atoms with E-state index in [0.717, 1.165) is 51.4 Å². The number of hydrazine groups is 1.